The molecule has 0 aliphatic heterocycles. The maximum absolute atomic E-state index is 11.4. The summed E-state index contributed by atoms with van der Waals surface area (Å²) >= 11 is 0. The summed E-state index contributed by atoms with van der Waals surface area (Å²) in [7, 11) is 0. The van der Waals surface area contributed by atoms with Gasteiger partial charge in [0.1, 0.15) is 0 Å². The van der Waals surface area contributed by atoms with Crippen LogP contribution in [0.3, 0.4) is 0 Å². The van der Waals surface area contributed by atoms with Crippen molar-refractivity contribution >= 4 is 5.97 Å². The number of hydrogen-bond donors (Lipinski definition) is 1. The minimum absolute atomic E-state index is 0.438. The fraction of sp³-hybridized carbons (Fsp3) is 0.759. The third-order valence-electron chi connectivity index (χ3n) is 6.60. The van der Waals surface area contributed by atoms with E-state index in [2.05, 4.69) is 27.7 Å². The maximum atomic E-state index is 11.4. The van der Waals surface area contributed by atoms with Gasteiger partial charge < -0.3 is 5.11 Å². The van der Waals surface area contributed by atoms with Crippen LogP contribution in [0.25, 0.3) is 0 Å². The van der Waals surface area contributed by atoms with Gasteiger partial charge in [-0.2, -0.15) is 0 Å². The van der Waals surface area contributed by atoms with Crippen molar-refractivity contribution in [2.75, 3.05) is 0 Å². The number of unbranched alkanes of at least 4 members (excludes halogenated alkanes) is 15. The number of hydrogen-bond acceptors (Lipinski definition) is 1. The predicted octanol–water partition coefficient (Wildman–Crippen LogP) is 9.62. The number of carboxylic acid groups (broad SMARTS) is 1. The van der Waals surface area contributed by atoms with Crippen molar-refractivity contribution in [3.05, 3.63) is 34.4 Å². The molecule has 2 nitrogen and oxygen atoms in total. The van der Waals surface area contributed by atoms with E-state index in [9.17, 15) is 9.90 Å². The summed E-state index contributed by atoms with van der Waals surface area (Å²) in [6, 6.07) is 3.74. The van der Waals surface area contributed by atoms with Crippen LogP contribution in [0.4, 0.5) is 0 Å². The van der Waals surface area contributed by atoms with Crippen LogP contribution in [-0.2, 0) is 6.42 Å². The van der Waals surface area contributed by atoms with E-state index in [4.69, 9.17) is 0 Å². The molecule has 1 rings (SSSR count). The summed E-state index contributed by atoms with van der Waals surface area (Å²) in [5.41, 5.74) is 4.17. The van der Waals surface area contributed by atoms with Crippen LogP contribution in [0.2, 0.25) is 0 Å². The molecule has 1 aromatic rings. The number of aryl methyl sites for hydroxylation is 2. The van der Waals surface area contributed by atoms with Gasteiger partial charge in [0, 0.05) is 0 Å². The zero-order chi connectivity index (χ0) is 22.9. The molecule has 31 heavy (non-hydrogen) atoms. The van der Waals surface area contributed by atoms with Gasteiger partial charge in [-0.1, -0.05) is 117 Å². The van der Waals surface area contributed by atoms with Crippen LogP contribution in [0.5, 0.6) is 0 Å². The van der Waals surface area contributed by atoms with E-state index < -0.39 is 5.97 Å². The summed E-state index contributed by atoms with van der Waals surface area (Å²) in [4.78, 5) is 11.4. The normalized spacial score (nSPS) is 11.4. The van der Waals surface area contributed by atoms with Crippen LogP contribution < -0.4 is 0 Å². The maximum Gasteiger partial charge on any atom is 0.335 e. The van der Waals surface area contributed by atoms with E-state index in [-0.39, 0.29) is 0 Å². The van der Waals surface area contributed by atoms with Gasteiger partial charge >= 0.3 is 5.97 Å². The smallest absolute Gasteiger partial charge is 0.335 e. The highest BCUT2D eigenvalue weighted by Crippen LogP contribution is 2.27. The Balaban J connectivity index is 2.08. The van der Waals surface area contributed by atoms with E-state index in [0.717, 1.165) is 12.0 Å². The number of benzene rings is 1. The fourth-order valence-corrected chi connectivity index (χ4v) is 4.89. The molecule has 0 aliphatic carbocycles. The first kappa shape index (κ1) is 27.7. The lowest BCUT2D eigenvalue weighted by Gasteiger charge is -2.17. The Kier molecular flexibility index (Phi) is 15.4. The monoisotopic (exact) mass is 430 g/mol. The highest BCUT2D eigenvalue weighted by Gasteiger charge is 2.14. The first-order valence-electron chi connectivity index (χ1n) is 13.3. The molecule has 1 aromatic carbocycles. The van der Waals surface area contributed by atoms with Gasteiger partial charge in [-0.05, 0) is 54.5 Å². The van der Waals surface area contributed by atoms with Crippen molar-refractivity contribution in [2.24, 2.45) is 0 Å². The minimum atomic E-state index is -0.813. The topological polar surface area (TPSA) is 37.3 Å². The van der Waals surface area contributed by atoms with Crippen molar-refractivity contribution in [1.82, 2.24) is 0 Å². The summed E-state index contributed by atoms with van der Waals surface area (Å²) in [5, 5.41) is 9.38. The summed E-state index contributed by atoms with van der Waals surface area (Å²) < 4.78 is 0. The Morgan fingerprint density at radius 2 is 1.16 bits per heavy atom. The lowest BCUT2D eigenvalue weighted by atomic mass is 9.88. The number of carboxylic acids is 1. The summed E-state index contributed by atoms with van der Waals surface area (Å²) in [5.74, 6) is -0.370. The zero-order valence-electron chi connectivity index (χ0n) is 21.1. The SMILES string of the molecule is CCCCCCCCCCCCCCCCCCc1cc(C(=O)O)cc(C)c1C(C)C. The molecule has 178 valence electrons. The second-order valence-electron chi connectivity index (χ2n) is 9.88. The minimum Gasteiger partial charge on any atom is -0.478 e. The molecule has 0 aromatic heterocycles. The quantitative estimate of drug-likeness (QED) is 0.222. The Hall–Kier alpha value is -1.31. The Morgan fingerprint density at radius 1 is 0.742 bits per heavy atom. The van der Waals surface area contributed by atoms with Crippen molar-refractivity contribution in [2.45, 2.75) is 143 Å². The molecule has 0 amide bonds. The van der Waals surface area contributed by atoms with Crippen molar-refractivity contribution in [3.63, 3.8) is 0 Å². The van der Waals surface area contributed by atoms with Gasteiger partial charge in [0.05, 0.1) is 5.56 Å². The lowest BCUT2D eigenvalue weighted by Crippen LogP contribution is -2.05. The van der Waals surface area contributed by atoms with Crippen LogP contribution >= 0.6 is 0 Å². The van der Waals surface area contributed by atoms with Crippen molar-refractivity contribution in [1.29, 1.82) is 0 Å². The number of aromatic carboxylic acids is 1. The molecule has 0 saturated carbocycles. The van der Waals surface area contributed by atoms with Gasteiger partial charge in [-0.25, -0.2) is 4.79 Å². The van der Waals surface area contributed by atoms with E-state index in [1.165, 1.54) is 114 Å². The van der Waals surface area contributed by atoms with Crippen molar-refractivity contribution in [3.8, 4) is 0 Å². The molecule has 0 radical (unpaired) electrons. The highest BCUT2D eigenvalue weighted by atomic mass is 16.4. The van der Waals surface area contributed by atoms with Gasteiger partial charge in [0.15, 0.2) is 0 Å². The van der Waals surface area contributed by atoms with Gasteiger partial charge in [0.2, 0.25) is 0 Å². The molecule has 0 unspecified atom stereocenters. The Labute approximate surface area is 193 Å². The first-order valence-corrected chi connectivity index (χ1v) is 13.3. The van der Waals surface area contributed by atoms with E-state index in [0.29, 0.717) is 11.5 Å². The highest BCUT2D eigenvalue weighted by molar-refractivity contribution is 5.88. The molecular weight excluding hydrogens is 380 g/mol. The summed E-state index contributed by atoms with van der Waals surface area (Å²) in [6.45, 7) is 8.75. The van der Waals surface area contributed by atoms with E-state index in [1.807, 2.05) is 12.1 Å². The van der Waals surface area contributed by atoms with Crippen LogP contribution in [0.1, 0.15) is 156 Å². The number of rotatable bonds is 19. The second kappa shape index (κ2) is 17.3. The predicted molar refractivity (Wildman–Crippen MR) is 135 cm³/mol. The van der Waals surface area contributed by atoms with Gasteiger partial charge in [-0.15, -0.1) is 0 Å². The molecule has 2 heteroatoms. The molecule has 0 atom stereocenters. The van der Waals surface area contributed by atoms with Gasteiger partial charge in [0.25, 0.3) is 0 Å². The average Bonchev–Trinajstić information content (AvgIpc) is 2.72. The lowest BCUT2D eigenvalue weighted by molar-refractivity contribution is 0.0696. The van der Waals surface area contributed by atoms with Crippen molar-refractivity contribution < 1.29 is 9.90 Å². The molecule has 0 spiro atoms. The summed E-state index contributed by atoms with van der Waals surface area (Å²) in [6.07, 6.45) is 23.1. The molecule has 1 N–H and O–H groups in total. The molecule has 0 aliphatic rings. The largest absolute Gasteiger partial charge is 0.478 e. The molecular formula is C29H50O2. The molecule has 0 bridgehead atoms. The van der Waals surface area contributed by atoms with Crippen LogP contribution in [0.15, 0.2) is 12.1 Å². The third kappa shape index (κ3) is 12.3. The van der Waals surface area contributed by atoms with Crippen LogP contribution in [-0.4, -0.2) is 11.1 Å². The molecule has 0 saturated heterocycles. The van der Waals surface area contributed by atoms with Crippen LogP contribution in [0, 0.1) is 6.92 Å². The Morgan fingerprint density at radius 3 is 1.55 bits per heavy atom. The Bertz CT molecular complexity index is 603. The second-order valence-corrected chi connectivity index (χ2v) is 9.88. The fourth-order valence-electron chi connectivity index (χ4n) is 4.89. The van der Waals surface area contributed by atoms with E-state index >= 15 is 0 Å². The number of carbonyl (C=O) groups is 1. The molecule has 0 fully saturated rings. The first-order chi connectivity index (χ1) is 15.0. The third-order valence-corrected chi connectivity index (χ3v) is 6.60. The zero-order valence-corrected chi connectivity index (χ0v) is 21.1. The van der Waals surface area contributed by atoms with E-state index in [1.54, 1.807) is 0 Å². The molecule has 0 heterocycles. The van der Waals surface area contributed by atoms with Gasteiger partial charge in [-0.3, -0.25) is 0 Å². The standard InChI is InChI=1S/C29H50O2/c1-5-6-7-8-9-10-11-12-13-14-15-16-17-18-19-20-21-26-23-27(29(30)31)22-25(4)28(26)24(2)3/h22-24H,5-21H2,1-4H3,(H,30,31). The average molecular weight is 431 g/mol.